The summed E-state index contributed by atoms with van der Waals surface area (Å²) in [5.41, 5.74) is 3.66. The summed E-state index contributed by atoms with van der Waals surface area (Å²) < 4.78 is 0. The molecule has 1 aliphatic heterocycles. The van der Waals surface area contributed by atoms with Gasteiger partial charge in [-0.15, -0.1) is 0 Å². The average molecular weight is 378 g/mol. The molecule has 4 heteroatoms. The summed E-state index contributed by atoms with van der Waals surface area (Å²) in [6.07, 6.45) is 1.45. The fourth-order valence-corrected chi connectivity index (χ4v) is 3.97. The predicted octanol–water partition coefficient (Wildman–Crippen LogP) is 4.81. The minimum absolute atomic E-state index is 0.796. The number of halogens is 1. The van der Waals surface area contributed by atoms with Gasteiger partial charge in [0.05, 0.1) is 0 Å². The highest BCUT2D eigenvalue weighted by Crippen LogP contribution is 2.24. The molecule has 3 nitrogen and oxygen atoms in total. The van der Waals surface area contributed by atoms with Gasteiger partial charge in [0, 0.05) is 50.5 Å². The van der Waals surface area contributed by atoms with Crippen LogP contribution in [0, 0.1) is 5.41 Å². The van der Waals surface area contributed by atoms with E-state index in [2.05, 4.69) is 58.3 Å². The minimum Gasteiger partial charge on any atom is -0.308 e. The molecule has 3 aromatic carbocycles. The lowest BCUT2D eigenvalue weighted by Crippen LogP contribution is -2.45. The van der Waals surface area contributed by atoms with Crippen molar-refractivity contribution in [3.8, 4) is 0 Å². The van der Waals surface area contributed by atoms with Crippen molar-refractivity contribution in [2.75, 3.05) is 26.2 Å². The molecule has 0 atom stereocenters. The van der Waals surface area contributed by atoms with Crippen molar-refractivity contribution in [3.05, 3.63) is 82.4 Å². The zero-order valence-corrected chi connectivity index (χ0v) is 16.1. The van der Waals surface area contributed by atoms with Crippen LogP contribution in [-0.4, -0.2) is 42.2 Å². The summed E-state index contributed by atoms with van der Waals surface area (Å²) >= 11 is 5.98. The number of nitrogens with one attached hydrogen (secondary N) is 1. The maximum atomic E-state index is 7.63. The van der Waals surface area contributed by atoms with Crippen LogP contribution in [0.5, 0.6) is 0 Å². The van der Waals surface area contributed by atoms with Crippen LogP contribution in [0.2, 0.25) is 5.02 Å². The Balaban J connectivity index is 1.40. The Hall–Kier alpha value is -2.20. The lowest BCUT2D eigenvalue weighted by Gasteiger charge is -2.35. The fourth-order valence-electron chi connectivity index (χ4n) is 3.84. The van der Waals surface area contributed by atoms with Gasteiger partial charge in [-0.1, -0.05) is 60.1 Å². The Bertz CT molecular complexity index is 928. The molecule has 1 heterocycles. The topological polar surface area (TPSA) is 30.3 Å². The molecule has 1 saturated heterocycles. The molecule has 0 spiro atoms. The van der Waals surface area contributed by atoms with Gasteiger partial charge in [-0.05, 0) is 39.6 Å². The van der Waals surface area contributed by atoms with E-state index in [4.69, 9.17) is 17.0 Å². The van der Waals surface area contributed by atoms with Gasteiger partial charge < -0.3 is 5.41 Å². The van der Waals surface area contributed by atoms with Crippen molar-refractivity contribution in [2.24, 2.45) is 0 Å². The molecule has 0 bridgehead atoms. The lowest BCUT2D eigenvalue weighted by atomic mass is 9.99. The SMILES string of the molecule is N=Cc1ccc(CN2CCN(Cc3ccc(Cl)cc3)CC2)c2ccccc12. The molecule has 1 N–H and O–H groups in total. The second-order valence-corrected chi connectivity index (χ2v) is 7.62. The van der Waals surface area contributed by atoms with Crippen LogP contribution in [0.3, 0.4) is 0 Å². The molecule has 0 saturated carbocycles. The summed E-state index contributed by atoms with van der Waals surface area (Å²) in [5.74, 6) is 0. The first-order chi connectivity index (χ1) is 13.2. The van der Waals surface area contributed by atoms with Crippen molar-refractivity contribution in [1.82, 2.24) is 9.80 Å². The van der Waals surface area contributed by atoms with Crippen molar-refractivity contribution < 1.29 is 0 Å². The normalized spacial score (nSPS) is 15.9. The zero-order valence-electron chi connectivity index (χ0n) is 15.4. The fraction of sp³-hybridized carbons (Fsp3) is 0.261. The van der Waals surface area contributed by atoms with Gasteiger partial charge in [-0.25, -0.2) is 0 Å². The highest BCUT2D eigenvalue weighted by Gasteiger charge is 2.18. The first-order valence-electron chi connectivity index (χ1n) is 9.43. The number of rotatable bonds is 5. The Morgan fingerprint density at radius 1 is 0.778 bits per heavy atom. The second-order valence-electron chi connectivity index (χ2n) is 7.18. The van der Waals surface area contributed by atoms with Crippen LogP contribution >= 0.6 is 11.6 Å². The predicted molar refractivity (Wildman–Crippen MR) is 114 cm³/mol. The summed E-state index contributed by atoms with van der Waals surface area (Å²) in [6, 6.07) is 20.9. The number of hydrogen-bond acceptors (Lipinski definition) is 3. The summed E-state index contributed by atoms with van der Waals surface area (Å²) in [7, 11) is 0. The largest absolute Gasteiger partial charge is 0.308 e. The summed E-state index contributed by atoms with van der Waals surface area (Å²) in [4.78, 5) is 5.04. The number of fused-ring (bicyclic) bond motifs is 1. The first-order valence-corrected chi connectivity index (χ1v) is 9.81. The van der Waals surface area contributed by atoms with Crippen LogP contribution in [0.25, 0.3) is 10.8 Å². The molecule has 1 aliphatic rings. The van der Waals surface area contributed by atoms with E-state index in [9.17, 15) is 0 Å². The highest BCUT2D eigenvalue weighted by molar-refractivity contribution is 6.30. The molecule has 27 heavy (non-hydrogen) atoms. The third-order valence-electron chi connectivity index (χ3n) is 5.38. The Morgan fingerprint density at radius 3 is 2.07 bits per heavy atom. The zero-order chi connectivity index (χ0) is 18.6. The minimum atomic E-state index is 0.796. The molecule has 3 aromatic rings. The molecule has 0 aromatic heterocycles. The van der Waals surface area contributed by atoms with Crippen molar-refractivity contribution >= 4 is 28.6 Å². The highest BCUT2D eigenvalue weighted by atomic mass is 35.5. The number of benzene rings is 3. The van der Waals surface area contributed by atoms with Crippen molar-refractivity contribution in [2.45, 2.75) is 13.1 Å². The standard InChI is InChI=1S/C23H24ClN3/c24-21-9-5-18(6-10-21)16-26-11-13-27(14-12-26)17-20-8-7-19(15-25)22-3-1-2-4-23(20)22/h1-10,15,25H,11-14,16-17H2. The summed E-state index contributed by atoms with van der Waals surface area (Å²) in [5, 5.41) is 10.9. The maximum absolute atomic E-state index is 7.63. The van der Waals surface area contributed by atoms with Crippen LogP contribution in [0.1, 0.15) is 16.7 Å². The number of hydrogen-bond donors (Lipinski definition) is 1. The molecule has 4 rings (SSSR count). The van der Waals surface area contributed by atoms with E-state index in [-0.39, 0.29) is 0 Å². The number of nitrogens with zero attached hydrogens (tertiary/aromatic N) is 2. The third-order valence-corrected chi connectivity index (χ3v) is 5.63. The van der Waals surface area contributed by atoms with Gasteiger partial charge in [0.2, 0.25) is 0 Å². The molecule has 0 radical (unpaired) electrons. The average Bonchev–Trinajstić information content (AvgIpc) is 2.71. The van der Waals surface area contributed by atoms with Crippen molar-refractivity contribution in [1.29, 1.82) is 5.41 Å². The Kier molecular flexibility index (Phi) is 5.53. The second kappa shape index (κ2) is 8.22. The molecule has 0 amide bonds. The van der Waals surface area contributed by atoms with E-state index < -0.39 is 0 Å². The van der Waals surface area contributed by atoms with Crippen molar-refractivity contribution in [3.63, 3.8) is 0 Å². The van der Waals surface area contributed by atoms with E-state index in [0.717, 1.165) is 49.9 Å². The van der Waals surface area contributed by atoms with E-state index in [1.54, 1.807) is 0 Å². The first kappa shape index (κ1) is 18.2. The van der Waals surface area contributed by atoms with E-state index >= 15 is 0 Å². The van der Waals surface area contributed by atoms with E-state index in [0.29, 0.717) is 0 Å². The van der Waals surface area contributed by atoms with Gasteiger partial charge in [0.1, 0.15) is 0 Å². The van der Waals surface area contributed by atoms with E-state index in [1.165, 1.54) is 28.1 Å². The lowest BCUT2D eigenvalue weighted by molar-refractivity contribution is 0.122. The van der Waals surface area contributed by atoms with Gasteiger partial charge >= 0.3 is 0 Å². The monoisotopic (exact) mass is 377 g/mol. The smallest absolute Gasteiger partial charge is 0.0406 e. The summed E-state index contributed by atoms with van der Waals surface area (Å²) in [6.45, 7) is 6.27. The molecule has 138 valence electrons. The van der Waals surface area contributed by atoms with Crippen LogP contribution in [0.15, 0.2) is 60.7 Å². The van der Waals surface area contributed by atoms with Crippen LogP contribution in [0.4, 0.5) is 0 Å². The molecule has 0 unspecified atom stereocenters. The quantitative estimate of drug-likeness (QED) is 0.647. The van der Waals surface area contributed by atoms with E-state index in [1.807, 2.05) is 12.1 Å². The molecular formula is C23H24ClN3. The molecule has 1 fully saturated rings. The Morgan fingerprint density at radius 2 is 1.41 bits per heavy atom. The number of piperazine rings is 1. The van der Waals surface area contributed by atoms with Gasteiger partial charge in [-0.2, -0.15) is 0 Å². The third kappa shape index (κ3) is 4.22. The van der Waals surface area contributed by atoms with Gasteiger partial charge in [0.25, 0.3) is 0 Å². The van der Waals surface area contributed by atoms with Gasteiger partial charge in [0.15, 0.2) is 0 Å². The van der Waals surface area contributed by atoms with Crippen LogP contribution < -0.4 is 0 Å². The van der Waals surface area contributed by atoms with Gasteiger partial charge in [-0.3, -0.25) is 9.80 Å². The molecule has 0 aliphatic carbocycles. The van der Waals surface area contributed by atoms with Crippen LogP contribution in [-0.2, 0) is 13.1 Å². The molecular weight excluding hydrogens is 354 g/mol. The maximum Gasteiger partial charge on any atom is 0.0406 e. The Labute approximate surface area is 165 Å².